The quantitative estimate of drug-likeness (QED) is 0.848. The summed E-state index contributed by atoms with van der Waals surface area (Å²) >= 11 is 0. The molecule has 94 valence electrons. The number of amides is 2. The zero-order valence-corrected chi connectivity index (χ0v) is 10.7. The van der Waals surface area contributed by atoms with Gasteiger partial charge in [-0.05, 0) is 17.4 Å². The molecular weight excluding hydrogens is 224 g/mol. The molecule has 0 saturated carbocycles. The van der Waals surface area contributed by atoms with Crippen LogP contribution in [-0.2, 0) is 0 Å². The summed E-state index contributed by atoms with van der Waals surface area (Å²) < 4.78 is 0. The first-order valence-corrected chi connectivity index (χ1v) is 6.19. The summed E-state index contributed by atoms with van der Waals surface area (Å²) in [5.41, 5.74) is 0.842. The molecule has 2 amide bonds. The highest BCUT2D eigenvalue weighted by Gasteiger charge is 2.05. The highest BCUT2D eigenvalue weighted by Crippen LogP contribution is 2.22. The predicted octanol–water partition coefficient (Wildman–Crippen LogP) is 3.62. The van der Waals surface area contributed by atoms with Gasteiger partial charge in [-0.25, -0.2) is 4.79 Å². The Labute approximate surface area is 107 Å². The zero-order chi connectivity index (χ0) is 13.0. The van der Waals surface area contributed by atoms with Crippen molar-refractivity contribution in [1.82, 2.24) is 5.32 Å². The van der Waals surface area contributed by atoms with Gasteiger partial charge in [0.1, 0.15) is 0 Å². The van der Waals surface area contributed by atoms with E-state index in [1.54, 1.807) is 0 Å². The number of fused-ring (bicyclic) bond motifs is 1. The Morgan fingerprint density at radius 2 is 1.83 bits per heavy atom. The lowest BCUT2D eigenvalue weighted by atomic mass is 10.1. The van der Waals surface area contributed by atoms with Crippen LogP contribution in [0, 0.1) is 5.92 Å². The van der Waals surface area contributed by atoms with Crippen molar-refractivity contribution in [3.8, 4) is 0 Å². The van der Waals surface area contributed by atoms with E-state index in [0.717, 1.165) is 16.5 Å². The SMILES string of the molecule is CC(C)CNC(=O)Nc1cccc2ccccc12. The number of anilines is 1. The van der Waals surface area contributed by atoms with Crippen LogP contribution in [0.25, 0.3) is 10.8 Å². The van der Waals surface area contributed by atoms with Gasteiger partial charge in [0.15, 0.2) is 0 Å². The molecule has 0 atom stereocenters. The lowest BCUT2D eigenvalue weighted by Crippen LogP contribution is -2.31. The standard InChI is InChI=1S/C15H18N2O/c1-11(2)10-16-15(18)17-14-9-5-7-12-6-3-4-8-13(12)14/h3-9,11H,10H2,1-2H3,(H2,16,17,18). The van der Waals surface area contributed by atoms with Crippen LogP contribution in [0.5, 0.6) is 0 Å². The minimum absolute atomic E-state index is 0.153. The first kappa shape index (κ1) is 12.4. The maximum atomic E-state index is 11.7. The van der Waals surface area contributed by atoms with E-state index in [2.05, 4.69) is 24.5 Å². The molecule has 2 aromatic carbocycles. The van der Waals surface area contributed by atoms with Crippen molar-refractivity contribution in [2.45, 2.75) is 13.8 Å². The van der Waals surface area contributed by atoms with Crippen molar-refractivity contribution in [1.29, 1.82) is 0 Å². The summed E-state index contributed by atoms with van der Waals surface area (Å²) in [6.07, 6.45) is 0. The van der Waals surface area contributed by atoms with E-state index in [4.69, 9.17) is 0 Å². The van der Waals surface area contributed by atoms with Gasteiger partial charge >= 0.3 is 6.03 Å². The average Bonchev–Trinajstić information content (AvgIpc) is 2.37. The van der Waals surface area contributed by atoms with Gasteiger partial charge in [-0.2, -0.15) is 0 Å². The molecule has 0 heterocycles. The first-order chi connectivity index (χ1) is 8.66. The molecule has 0 aromatic heterocycles. The summed E-state index contributed by atoms with van der Waals surface area (Å²) in [4.78, 5) is 11.7. The van der Waals surface area contributed by atoms with E-state index < -0.39 is 0 Å². The maximum Gasteiger partial charge on any atom is 0.319 e. The van der Waals surface area contributed by atoms with Crippen molar-refractivity contribution in [2.24, 2.45) is 5.92 Å². The van der Waals surface area contributed by atoms with Gasteiger partial charge in [0, 0.05) is 11.9 Å². The molecule has 0 fully saturated rings. The van der Waals surface area contributed by atoms with Gasteiger partial charge in [0.2, 0.25) is 0 Å². The molecule has 0 bridgehead atoms. The van der Waals surface area contributed by atoms with E-state index in [9.17, 15) is 4.79 Å². The molecular formula is C15H18N2O. The highest BCUT2D eigenvalue weighted by atomic mass is 16.2. The van der Waals surface area contributed by atoms with Crippen molar-refractivity contribution in [3.63, 3.8) is 0 Å². The molecule has 2 rings (SSSR count). The number of carbonyl (C=O) groups is 1. The molecule has 0 unspecified atom stereocenters. The first-order valence-electron chi connectivity index (χ1n) is 6.19. The number of urea groups is 1. The normalized spacial score (nSPS) is 10.6. The molecule has 0 radical (unpaired) electrons. The Bertz CT molecular complexity index is 544. The predicted molar refractivity (Wildman–Crippen MR) is 75.8 cm³/mol. The fourth-order valence-electron chi connectivity index (χ4n) is 1.80. The maximum absolute atomic E-state index is 11.7. The average molecular weight is 242 g/mol. The summed E-state index contributed by atoms with van der Waals surface area (Å²) in [6, 6.07) is 13.7. The van der Waals surface area contributed by atoms with E-state index in [1.165, 1.54) is 0 Å². The molecule has 0 aliphatic carbocycles. The van der Waals surface area contributed by atoms with E-state index in [-0.39, 0.29) is 6.03 Å². The minimum atomic E-state index is -0.153. The lowest BCUT2D eigenvalue weighted by Gasteiger charge is -2.11. The van der Waals surface area contributed by atoms with Crippen LogP contribution in [0.15, 0.2) is 42.5 Å². The summed E-state index contributed by atoms with van der Waals surface area (Å²) in [5, 5.41) is 7.91. The number of hydrogen-bond donors (Lipinski definition) is 2. The molecule has 2 N–H and O–H groups in total. The van der Waals surface area contributed by atoms with Crippen LogP contribution < -0.4 is 10.6 Å². The lowest BCUT2D eigenvalue weighted by molar-refractivity contribution is 0.251. The summed E-state index contributed by atoms with van der Waals surface area (Å²) in [5.74, 6) is 0.447. The Morgan fingerprint density at radius 3 is 2.61 bits per heavy atom. The Hall–Kier alpha value is -2.03. The smallest absolute Gasteiger partial charge is 0.319 e. The second kappa shape index (κ2) is 5.54. The Balaban J connectivity index is 2.14. The van der Waals surface area contributed by atoms with E-state index in [0.29, 0.717) is 12.5 Å². The van der Waals surface area contributed by atoms with Gasteiger partial charge in [0.25, 0.3) is 0 Å². The fourth-order valence-corrected chi connectivity index (χ4v) is 1.80. The van der Waals surface area contributed by atoms with Gasteiger partial charge in [0.05, 0.1) is 5.69 Å². The van der Waals surface area contributed by atoms with Gasteiger partial charge in [-0.1, -0.05) is 50.2 Å². The van der Waals surface area contributed by atoms with E-state index in [1.807, 2.05) is 42.5 Å². The van der Waals surface area contributed by atoms with E-state index >= 15 is 0 Å². The molecule has 0 spiro atoms. The molecule has 2 aromatic rings. The largest absolute Gasteiger partial charge is 0.338 e. The van der Waals surface area contributed by atoms with Crippen LogP contribution in [0.3, 0.4) is 0 Å². The van der Waals surface area contributed by atoms with Crippen molar-refractivity contribution < 1.29 is 4.79 Å². The minimum Gasteiger partial charge on any atom is -0.338 e. The van der Waals surface area contributed by atoms with Crippen LogP contribution in [0.1, 0.15) is 13.8 Å². The van der Waals surface area contributed by atoms with Crippen LogP contribution in [-0.4, -0.2) is 12.6 Å². The monoisotopic (exact) mass is 242 g/mol. The second-order valence-corrected chi connectivity index (χ2v) is 4.76. The molecule has 0 saturated heterocycles. The highest BCUT2D eigenvalue weighted by molar-refractivity contribution is 6.01. The third-order valence-corrected chi connectivity index (χ3v) is 2.71. The third kappa shape index (κ3) is 3.00. The van der Waals surface area contributed by atoms with Gasteiger partial charge in [-0.15, -0.1) is 0 Å². The van der Waals surface area contributed by atoms with Gasteiger partial charge < -0.3 is 10.6 Å². The van der Waals surface area contributed by atoms with Crippen LogP contribution >= 0.6 is 0 Å². The van der Waals surface area contributed by atoms with Gasteiger partial charge in [-0.3, -0.25) is 0 Å². The number of rotatable bonds is 3. The van der Waals surface area contributed by atoms with Crippen molar-refractivity contribution >= 4 is 22.5 Å². The Morgan fingerprint density at radius 1 is 1.11 bits per heavy atom. The molecule has 3 nitrogen and oxygen atoms in total. The fraction of sp³-hybridized carbons (Fsp3) is 0.267. The zero-order valence-electron chi connectivity index (χ0n) is 10.7. The van der Waals surface area contributed by atoms with Crippen LogP contribution in [0.4, 0.5) is 10.5 Å². The number of hydrogen-bond acceptors (Lipinski definition) is 1. The third-order valence-electron chi connectivity index (χ3n) is 2.71. The summed E-state index contributed by atoms with van der Waals surface area (Å²) in [6.45, 7) is 4.81. The molecule has 0 aliphatic heterocycles. The second-order valence-electron chi connectivity index (χ2n) is 4.76. The number of carbonyl (C=O) groups excluding carboxylic acids is 1. The summed E-state index contributed by atoms with van der Waals surface area (Å²) in [7, 11) is 0. The number of nitrogens with one attached hydrogen (secondary N) is 2. The van der Waals surface area contributed by atoms with Crippen molar-refractivity contribution in [3.05, 3.63) is 42.5 Å². The molecule has 0 aliphatic rings. The van der Waals surface area contributed by atoms with Crippen LogP contribution in [0.2, 0.25) is 0 Å². The number of benzene rings is 2. The van der Waals surface area contributed by atoms with Crippen molar-refractivity contribution in [2.75, 3.05) is 11.9 Å². The Kier molecular flexibility index (Phi) is 3.82. The molecule has 18 heavy (non-hydrogen) atoms. The topological polar surface area (TPSA) is 41.1 Å². The molecule has 3 heteroatoms.